The molecular weight excluding hydrogens is 511 g/mol. The summed E-state index contributed by atoms with van der Waals surface area (Å²) in [5.74, 6) is 0. The molecule has 0 saturated heterocycles. The molecule has 38 heavy (non-hydrogen) atoms. The van der Waals surface area contributed by atoms with Crippen molar-refractivity contribution >= 4 is 33.8 Å². The Morgan fingerprint density at radius 1 is 0.553 bits per heavy atom. The van der Waals surface area contributed by atoms with Crippen LogP contribution < -0.4 is 0 Å². The third kappa shape index (κ3) is 4.59. The Kier molecular flexibility index (Phi) is 7.31. The van der Waals surface area contributed by atoms with Crippen LogP contribution in [0.3, 0.4) is 0 Å². The summed E-state index contributed by atoms with van der Waals surface area (Å²) in [6, 6.07) is 30.0. The molecule has 0 N–H and O–H groups in total. The molecule has 9 heteroatoms. The highest BCUT2D eigenvalue weighted by atomic mass is 32.1. The average Bonchev–Trinajstić information content (AvgIpc) is 3.70. The zero-order chi connectivity index (χ0) is 27.2. The predicted octanol–water partition coefficient (Wildman–Crippen LogP) is 6.89. The van der Waals surface area contributed by atoms with Crippen molar-refractivity contribution in [2.24, 2.45) is 0 Å². The molecule has 0 aliphatic rings. The number of nitriles is 6. The quantitative estimate of drug-likeness (QED) is 0.260. The maximum absolute atomic E-state index is 9.57. The summed E-state index contributed by atoms with van der Waals surface area (Å²) in [4.78, 5) is 2.67. The topological polar surface area (TPSA) is 148 Å². The highest BCUT2D eigenvalue weighted by Gasteiger charge is 2.20. The van der Waals surface area contributed by atoms with Gasteiger partial charge >= 0.3 is 0 Å². The number of aryl methyl sites for hydroxylation is 1. The van der Waals surface area contributed by atoms with Gasteiger partial charge in [0, 0.05) is 15.4 Å². The van der Waals surface area contributed by atoms with Crippen LogP contribution in [0, 0.1) is 74.9 Å². The van der Waals surface area contributed by atoms with Gasteiger partial charge in [-0.1, -0.05) is 17.7 Å². The van der Waals surface area contributed by atoms with E-state index in [0.29, 0.717) is 9.75 Å². The Morgan fingerprint density at radius 2 is 0.974 bits per heavy atom. The molecule has 3 aromatic heterocycles. The largest absolute Gasteiger partial charge is 0.308 e. The maximum Gasteiger partial charge on any atom is 0.148 e. The van der Waals surface area contributed by atoms with E-state index >= 15 is 0 Å². The molecule has 0 aliphatic heterocycles. The summed E-state index contributed by atoms with van der Waals surface area (Å²) in [6.45, 7) is 1.99. The van der Waals surface area contributed by atoms with Gasteiger partial charge in [0.25, 0.3) is 0 Å². The zero-order valence-electron chi connectivity index (χ0n) is 19.7. The van der Waals surface area contributed by atoms with Crippen LogP contribution in [-0.4, -0.2) is 4.57 Å². The molecular formula is C29H13N7S2. The monoisotopic (exact) mass is 523 g/mol. The van der Waals surface area contributed by atoms with Crippen molar-refractivity contribution in [2.75, 3.05) is 0 Å². The first-order chi connectivity index (χ1) is 18.5. The van der Waals surface area contributed by atoms with Crippen molar-refractivity contribution in [2.45, 2.75) is 6.92 Å². The summed E-state index contributed by atoms with van der Waals surface area (Å²) >= 11 is 2.60. The Hall–Kier alpha value is -5.68. The SMILES string of the molecule is Cc1ccc(-n2c(-c3ccc(C(C#N)=C(C#N)C#N)s3)ccc2-c2ccc(C(C#N)=C(C#N)C#N)s2)cc1. The van der Waals surface area contributed by atoms with Gasteiger partial charge in [0.1, 0.15) is 47.6 Å². The predicted molar refractivity (Wildman–Crippen MR) is 145 cm³/mol. The normalized spacial score (nSPS) is 9.55. The molecule has 0 fully saturated rings. The molecule has 0 aliphatic carbocycles. The highest BCUT2D eigenvalue weighted by molar-refractivity contribution is 7.17. The first-order valence-corrected chi connectivity index (χ1v) is 12.5. The van der Waals surface area contributed by atoms with Crippen LogP contribution in [0.5, 0.6) is 0 Å². The summed E-state index contributed by atoms with van der Waals surface area (Å²) in [5, 5.41) is 56.1. The minimum atomic E-state index is -0.239. The molecule has 1 aromatic carbocycles. The fourth-order valence-electron chi connectivity index (χ4n) is 3.76. The second-order valence-corrected chi connectivity index (χ2v) is 9.94. The van der Waals surface area contributed by atoms with Gasteiger partial charge in [0.15, 0.2) is 0 Å². The van der Waals surface area contributed by atoms with Crippen molar-refractivity contribution in [3.05, 3.63) is 87.1 Å². The fraction of sp³-hybridized carbons (Fsp3) is 0.0345. The van der Waals surface area contributed by atoms with Crippen LogP contribution in [0.25, 0.3) is 38.0 Å². The fourth-order valence-corrected chi connectivity index (χ4v) is 5.80. The second-order valence-electron chi connectivity index (χ2n) is 7.77. The molecule has 0 unspecified atom stereocenters. The molecule has 0 atom stereocenters. The van der Waals surface area contributed by atoms with Crippen LogP contribution in [0.4, 0.5) is 0 Å². The minimum absolute atomic E-state index is 0.0319. The standard InChI is InChI=1S/C29H13N7S2/c1-18-2-4-21(5-3-18)36-24(28-10-8-26(37-28)22(16-34)19(12-30)13-31)6-7-25(36)29-11-9-27(38-29)23(17-35)20(14-32)15-33/h2-11H,1H3. The lowest BCUT2D eigenvalue weighted by atomic mass is 10.1. The van der Waals surface area contributed by atoms with Gasteiger partial charge in [-0.2, -0.15) is 31.6 Å². The van der Waals surface area contributed by atoms with Gasteiger partial charge in [0.2, 0.25) is 0 Å². The van der Waals surface area contributed by atoms with E-state index in [-0.39, 0.29) is 22.3 Å². The Balaban J connectivity index is 1.91. The summed E-state index contributed by atoms with van der Waals surface area (Å²) in [7, 11) is 0. The van der Waals surface area contributed by atoms with Gasteiger partial charge in [-0.15, -0.1) is 22.7 Å². The Bertz CT molecular complexity index is 1740. The summed E-state index contributed by atoms with van der Waals surface area (Å²) in [6.07, 6.45) is 0. The van der Waals surface area contributed by atoms with Gasteiger partial charge in [-0.25, -0.2) is 0 Å². The second kappa shape index (κ2) is 10.9. The highest BCUT2D eigenvalue weighted by Crippen LogP contribution is 2.40. The third-order valence-electron chi connectivity index (χ3n) is 5.55. The minimum Gasteiger partial charge on any atom is -0.308 e. The van der Waals surface area contributed by atoms with Gasteiger partial charge in [-0.05, 0) is 55.5 Å². The van der Waals surface area contributed by atoms with Crippen LogP contribution in [-0.2, 0) is 0 Å². The molecule has 7 nitrogen and oxygen atoms in total. The number of allylic oxidation sites excluding steroid dienone is 4. The Labute approximate surface area is 226 Å². The van der Waals surface area contributed by atoms with E-state index in [1.54, 1.807) is 36.4 Å². The van der Waals surface area contributed by atoms with Crippen LogP contribution in [0.1, 0.15) is 15.3 Å². The van der Waals surface area contributed by atoms with Crippen LogP contribution >= 0.6 is 22.7 Å². The summed E-state index contributed by atoms with van der Waals surface area (Å²) in [5.41, 5.74) is 3.21. The number of hydrogen-bond acceptors (Lipinski definition) is 8. The third-order valence-corrected chi connectivity index (χ3v) is 7.80. The van der Waals surface area contributed by atoms with Gasteiger partial charge in [0.05, 0.1) is 32.3 Å². The lowest BCUT2D eigenvalue weighted by Gasteiger charge is -2.13. The zero-order valence-corrected chi connectivity index (χ0v) is 21.4. The van der Waals surface area contributed by atoms with E-state index in [9.17, 15) is 31.6 Å². The smallest absolute Gasteiger partial charge is 0.148 e. The van der Waals surface area contributed by atoms with E-state index < -0.39 is 0 Å². The van der Waals surface area contributed by atoms with Crippen molar-refractivity contribution < 1.29 is 0 Å². The molecule has 4 rings (SSSR count). The van der Waals surface area contributed by atoms with Crippen LogP contribution in [0.2, 0.25) is 0 Å². The molecule has 0 amide bonds. The van der Waals surface area contributed by atoms with E-state index in [2.05, 4.69) is 0 Å². The van der Waals surface area contributed by atoms with Crippen molar-refractivity contribution in [3.63, 3.8) is 0 Å². The van der Waals surface area contributed by atoms with E-state index in [1.165, 1.54) is 22.7 Å². The average molecular weight is 524 g/mol. The van der Waals surface area contributed by atoms with Crippen molar-refractivity contribution in [3.8, 4) is 63.2 Å². The molecule has 0 bridgehead atoms. The number of aromatic nitrogens is 1. The Morgan fingerprint density at radius 3 is 1.34 bits per heavy atom. The number of rotatable bonds is 5. The van der Waals surface area contributed by atoms with Crippen molar-refractivity contribution in [1.29, 1.82) is 31.6 Å². The number of thiophene rings is 2. The first kappa shape index (κ1) is 25.4. The molecule has 3 heterocycles. The molecule has 0 spiro atoms. The van der Waals surface area contributed by atoms with Crippen molar-refractivity contribution in [1.82, 2.24) is 4.57 Å². The number of nitrogens with zero attached hydrogens (tertiary/aromatic N) is 7. The molecule has 176 valence electrons. The number of hydrogen-bond donors (Lipinski definition) is 0. The summed E-state index contributed by atoms with van der Waals surface area (Å²) < 4.78 is 2.04. The molecule has 0 saturated carbocycles. The van der Waals surface area contributed by atoms with E-state index in [4.69, 9.17) is 0 Å². The lowest BCUT2D eigenvalue weighted by Crippen LogP contribution is -1.98. The van der Waals surface area contributed by atoms with Gasteiger partial charge in [-0.3, -0.25) is 0 Å². The first-order valence-electron chi connectivity index (χ1n) is 10.9. The molecule has 4 aromatic rings. The van der Waals surface area contributed by atoms with E-state index in [0.717, 1.165) is 32.4 Å². The lowest BCUT2D eigenvalue weighted by molar-refractivity contribution is 1.10. The molecule has 0 radical (unpaired) electrons. The van der Waals surface area contributed by atoms with Crippen LogP contribution in [0.15, 0.2) is 71.8 Å². The number of benzene rings is 1. The maximum atomic E-state index is 9.57. The van der Waals surface area contributed by atoms with Gasteiger partial charge < -0.3 is 4.57 Å². The van der Waals surface area contributed by atoms with E-state index in [1.807, 2.05) is 72.2 Å².